The molecule has 11 heteroatoms. The number of rotatable bonds is 8. The SMILES string of the molecule is COC[C@H](c1ccc2oc([C@@H](N)[C@@H](C)OC3CC3)nc2c1)N1C[C@@H](C(F)(F)F)NC1=O. The first-order valence-electron chi connectivity index (χ1n) is 10.1. The summed E-state index contributed by atoms with van der Waals surface area (Å²) >= 11 is 0. The quantitative estimate of drug-likeness (QED) is 0.652. The zero-order chi connectivity index (χ0) is 22.3. The number of methoxy groups -OCH3 is 1. The molecule has 8 nitrogen and oxygen atoms in total. The van der Waals surface area contributed by atoms with Crippen molar-refractivity contribution in [2.45, 2.75) is 56.3 Å². The maximum atomic E-state index is 13.1. The number of amides is 2. The number of aromatic nitrogens is 1. The number of carbonyl (C=O) groups is 1. The minimum Gasteiger partial charge on any atom is -0.439 e. The Morgan fingerprint density at radius 2 is 2.13 bits per heavy atom. The van der Waals surface area contributed by atoms with E-state index in [0.717, 1.165) is 17.7 Å². The van der Waals surface area contributed by atoms with Crippen LogP contribution in [0, 0.1) is 0 Å². The van der Waals surface area contributed by atoms with Crippen LogP contribution in [0.2, 0.25) is 0 Å². The summed E-state index contributed by atoms with van der Waals surface area (Å²) in [4.78, 5) is 17.8. The van der Waals surface area contributed by atoms with E-state index in [1.807, 2.05) is 12.2 Å². The predicted molar refractivity (Wildman–Crippen MR) is 104 cm³/mol. The van der Waals surface area contributed by atoms with Crippen LogP contribution in [-0.2, 0) is 9.47 Å². The van der Waals surface area contributed by atoms with E-state index < -0.39 is 36.9 Å². The van der Waals surface area contributed by atoms with Gasteiger partial charge in [0.05, 0.1) is 31.4 Å². The molecular weight excluding hydrogens is 417 g/mol. The van der Waals surface area contributed by atoms with E-state index in [2.05, 4.69) is 4.98 Å². The maximum Gasteiger partial charge on any atom is 0.410 e. The Bertz CT molecular complexity index is 946. The van der Waals surface area contributed by atoms with Crippen molar-refractivity contribution in [2.75, 3.05) is 20.3 Å². The van der Waals surface area contributed by atoms with Crippen LogP contribution in [0.3, 0.4) is 0 Å². The molecular formula is C20H25F3N4O4. The molecule has 170 valence electrons. The Balaban J connectivity index is 1.57. The number of benzene rings is 1. The van der Waals surface area contributed by atoms with Crippen molar-refractivity contribution in [1.82, 2.24) is 15.2 Å². The second-order valence-electron chi connectivity index (χ2n) is 8.01. The smallest absolute Gasteiger partial charge is 0.410 e. The second kappa shape index (κ2) is 8.29. The first kappa shape index (κ1) is 21.8. The molecule has 1 aromatic carbocycles. The number of carbonyl (C=O) groups excluding carboxylic acids is 1. The van der Waals surface area contributed by atoms with Crippen LogP contribution in [0.5, 0.6) is 0 Å². The Kier molecular flexibility index (Phi) is 5.84. The van der Waals surface area contributed by atoms with Crippen LogP contribution in [-0.4, -0.2) is 60.6 Å². The molecule has 4 atom stereocenters. The normalized spacial score (nSPS) is 22.6. The average molecular weight is 442 g/mol. The number of fused-ring (bicyclic) bond motifs is 1. The van der Waals surface area contributed by atoms with E-state index in [1.54, 1.807) is 18.2 Å². The van der Waals surface area contributed by atoms with E-state index in [0.29, 0.717) is 22.6 Å². The van der Waals surface area contributed by atoms with Crippen molar-refractivity contribution in [3.63, 3.8) is 0 Å². The van der Waals surface area contributed by atoms with E-state index in [9.17, 15) is 18.0 Å². The first-order chi connectivity index (χ1) is 14.7. The standard InChI is InChI=1S/C20H25F3N4O4/c1-10(30-12-4-5-12)17(24)18-25-13-7-11(3-6-15(13)31-18)14(9-29-2)27-8-16(20(21,22)23)26-19(27)28/h3,6-7,10,12,14,16-17H,4-5,8-9,24H2,1-2H3,(H,26,28)/t10-,14-,16+,17+/m1/s1. The van der Waals surface area contributed by atoms with Crippen LogP contribution < -0.4 is 11.1 Å². The van der Waals surface area contributed by atoms with Crippen LogP contribution in [0.15, 0.2) is 22.6 Å². The molecule has 31 heavy (non-hydrogen) atoms. The van der Waals surface area contributed by atoms with Crippen molar-refractivity contribution in [3.05, 3.63) is 29.7 Å². The molecule has 1 saturated heterocycles. The predicted octanol–water partition coefficient (Wildman–Crippen LogP) is 3.04. The average Bonchev–Trinajstić information content (AvgIpc) is 3.28. The van der Waals surface area contributed by atoms with E-state index >= 15 is 0 Å². The number of halogens is 3. The van der Waals surface area contributed by atoms with E-state index in [4.69, 9.17) is 19.6 Å². The van der Waals surface area contributed by atoms with Crippen molar-refractivity contribution >= 4 is 17.1 Å². The Morgan fingerprint density at radius 3 is 2.74 bits per heavy atom. The molecule has 1 aromatic heterocycles. The molecule has 2 heterocycles. The largest absolute Gasteiger partial charge is 0.439 e. The van der Waals surface area contributed by atoms with Gasteiger partial charge in [-0.05, 0) is 37.5 Å². The van der Waals surface area contributed by atoms with Gasteiger partial charge in [0.15, 0.2) is 5.58 Å². The van der Waals surface area contributed by atoms with Gasteiger partial charge in [0.1, 0.15) is 17.6 Å². The fourth-order valence-electron chi connectivity index (χ4n) is 3.64. The number of nitrogens with one attached hydrogen (secondary N) is 1. The van der Waals surface area contributed by atoms with Crippen molar-refractivity contribution in [1.29, 1.82) is 0 Å². The van der Waals surface area contributed by atoms with Crippen LogP contribution in [0.4, 0.5) is 18.0 Å². The van der Waals surface area contributed by atoms with Crippen molar-refractivity contribution in [3.8, 4) is 0 Å². The highest BCUT2D eigenvalue weighted by molar-refractivity contribution is 5.78. The Morgan fingerprint density at radius 1 is 1.39 bits per heavy atom. The van der Waals surface area contributed by atoms with Gasteiger partial charge in [-0.1, -0.05) is 6.07 Å². The third-order valence-corrected chi connectivity index (χ3v) is 5.57. The molecule has 0 spiro atoms. The molecule has 1 saturated carbocycles. The van der Waals surface area contributed by atoms with Gasteiger partial charge in [-0.3, -0.25) is 0 Å². The third-order valence-electron chi connectivity index (χ3n) is 5.57. The fourth-order valence-corrected chi connectivity index (χ4v) is 3.64. The summed E-state index contributed by atoms with van der Waals surface area (Å²) in [6.45, 7) is 1.39. The zero-order valence-corrected chi connectivity index (χ0v) is 17.2. The number of nitrogens with two attached hydrogens (primary N) is 1. The highest BCUT2D eigenvalue weighted by atomic mass is 19.4. The number of ether oxygens (including phenoxy) is 2. The summed E-state index contributed by atoms with van der Waals surface area (Å²) in [5, 5.41) is 1.98. The van der Waals surface area contributed by atoms with Crippen molar-refractivity contribution < 1.29 is 31.9 Å². The van der Waals surface area contributed by atoms with Crippen LogP contribution >= 0.6 is 0 Å². The monoisotopic (exact) mass is 442 g/mol. The summed E-state index contributed by atoms with van der Waals surface area (Å²) in [7, 11) is 1.43. The molecule has 2 aliphatic rings. The number of oxazole rings is 1. The summed E-state index contributed by atoms with van der Waals surface area (Å²) in [6.07, 6.45) is -2.52. The number of hydrogen-bond acceptors (Lipinski definition) is 6. The minimum atomic E-state index is -4.53. The lowest BCUT2D eigenvalue weighted by atomic mass is 10.1. The second-order valence-corrected chi connectivity index (χ2v) is 8.01. The van der Waals surface area contributed by atoms with E-state index in [1.165, 1.54) is 7.11 Å². The van der Waals surface area contributed by atoms with Crippen LogP contribution in [0.25, 0.3) is 11.1 Å². The van der Waals surface area contributed by atoms with E-state index in [-0.39, 0.29) is 18.8 Å². The van der Waals surface area contributed by atoms with Gasteiger partial charge >= 0.3 is 12.2 Å². The molecule has 4 rings (SSSR count). The lowest BCUT2D eigenvalue weighted by Crippen LogP contribution is -2.40. The number of hydrogen-bond donors (Lipinski definition) is 2. The highest BCUT2D eigenvalue weighted by Gasteiger charge is 2.48. The Hall–Kier alpha value is -2.37. The number of nitrogens with zero attached hydrogens (tertiary/aromatic N) is 2. The summed E-state index contributed by atoms with van der Waals surface area (Å²) in [5.74, 6) is 0.319. The zero-order valence-electron chi connectivity index (χ0n) is 17.2. The van der Waals surface area contributed by atoms with Gasteiger partial charge in [0.25, 0.3) is 0 Å². The first-order valence-corrected chi connectivity index (χ1v) is 10.1. The maximum absolute atomic E-state index is 13.1. The Labute approximate surface area is 176 Å². The molecule has 3 N–H and O–H groups in total. The topological polar surface area (TPSA) is 103 Å². The van der Waals surface area contributed by atoms with Crippen molar-refractivity contribution in [2.24, 2.45) is 5.73 Å². The van der Waals surface area contributed by atoms with Gasteiger partial charge in [0.2, 0.25) is 5.89 Å². The van der Waals surface area contributed by atoms with Gasteiger partial charge in [0, 0.05) is 7.11 Å². The molecule has 0 unspecified atom stereocenters. The number of alkyl halides is 3. The lowest BCUT2D eigenvalue weighted by molar-refractivity contribution is -0.150. The third kappa shape index (κ3) is 4.63. The van der Waals surface area contributed by atoms with Gasteiger partial charge in [-0.2, -0.15) is 13.2 Å². The summed E-state index contributed by atoms with van der Waals surface area (Å²) in [6, 6.07) is 1.05. The molecule has 1 aliphatic heterocycles. The number of urea groups is 1. The molecule has 0 bridgehead atoms. The molecule has 2 amide bonds. The van der Waals surface area contributed by atoms with Gasteiger partial charge in [-0.15, -0.1) is 0 Å². The molecule has 2 fully saturated rings. The van der Waals surface area contributed by atoms with Crippen LogP contribution in [0.1, 0.15) is 43.3 Å². The molecule has 2 aromatic rings. The lowest BCUT2D eigenvalue weighted by Gasteiger charge is -2.27. The van der Waals surface area contributed by atoms with Gasteiger partial charge in [-0.25, -0.2) is 9.78 Å². The summed E-state index contributed by atoms with van der Waals surface area (Å²) in [5.41, 5.74) is 7.80. The molecule has 0 radical (unpaired) electrons. The summed E-state index contributed by atoms with van der Waals surface area (Å²) < 4.78 is 56.0. The highest BCUT2D eigenvalue weighted by Crippen LogP contribution is 2.33. The molecule has 1 aliphatic carbocycles. The van der Waals surface area contributed by atoms with Gasteiger partial charge < -0.3 is 29.8 Å². The fraction of sp³-hybridized carbons (Fsp3) is 0.600. The minimum absolute atomic E-state index is 0.0278.